The van der Waals surface area contributed by atoms with Gasteiger partial charge in [-0.15, -0.1) is 11.3 Å². The second kappa shape index (κ2) is 9.88. The van der Waals surface area contributed by atoms with E-state index >= 15 is 0 Å². The Balaban J connectivity index is 1.67. The summed E-state index contributed by atoms with van der Waals surface area (Å²) in [7, 11) is -2.30. The third-order valence-corrected chi connectivity index (χ3v) is 8.04. The summed E-state index contributed by atoms with van der Waals surface area (Å²) in [5.41, 5.74) is 1.27. The van der Waals surface area contributed by atoms with Crippen molar-refractivity contribution in [2.45, 2.75) is 38.0 Å². The summed E-state index contributed by atoms with van der Waals surface area (Å²) < 4.78 is 31.8. The molecule has 1 aliphatic rings. The van der Waals surface area contributed by atoms with Gasteiger partial charge in [-0.2, -0.15) is 4.31 Å². The number of nitrogens with zero attached hydrogens (tertiary/aromatic N) is 2. The quantitative estimate of drug-likeness (QED) is 0.630. The number of sulfonamides is 1. The van der Waals surface area contributed by atoms with Crippen molar-refractivity contribution in [3.8, 4) is 0 Å². The standard InChI is InChI=1S/C21H27N3O5S2/c1-14(2)11-16-13-30-20(18(16)21(26)29-3)23-19(25)15-6-9-24(10-7-15)31(27,28)17-5-4-8-22-12-17/h4-5,8,12-15H,6-7,9-11H2,1-3H3,(H,23,25). The third-order valence-electron chi connectivity index (χ3n) is 5.22. The first-order valence-electron chi connectivity index (χ1n) is 10.1. The van der Waals surface area contributed by atoms with Crippen LogP contribution in [0, 0.1) is 11.8 Å². The van der Waals surface area contributed by atoms with Gasteiger partial charge >= 0.3 is 5.97 Å². The van der Waals surface area contributed by atoms with Crippen LogP contribution in [0.4, 0.5) is 5.00 Å². The molecule has 0 radical (unpaired) electrons. The molecule has 1 fully saturated rings. The molecule has 0 spiro atoms. The zero-order valence-electron chi connectivity index (χ0n) is 17.8. The molecule has 0 aromatic carbocycles. The van der Waals surface area contributed by atoms with E-state index in [1.807, 2.05) is 5.38 Å². The van der Waals surface area contributed by atoms with Crippen LogP contribution in [-0.4, -0.2) is 49.8 Å². The molecule has 0 aliphatic carbocycles. The minimum atomic E-state index is -3.62. The Morgan fingerprint density at radius 1 is 1.32 bits per heavy atom. The number of nitrogens with one attached hydrogen (secondary N) is 1. The Morgan fingerprint density at radius 2 is 2.03 bits per heavy atom. The number of piperidine rings is 1. The highest BCUT2D eigenvalue weighted by Gasteiger charge is 2.33. The summed E-state index contributed by atoms with van der Waals surface area (Å²) in [6.45, 7) is 4.62. The lowest BCUT2D eigenvalue weighted by Crippen LogP contribution is -2.41. The fourth-order valence-corrected chi connectivity index (χ4v) is 6.02. The summed E-state index contributed by atoms with van der Waals surface area (Å²) in [6, 6.07) is 3.10. The number of methoxy groups -OCH3 is 1. The van der Waals surface area contributed by atoms with Crippen LogP contribution >= 0.6 is 11.3 Å². The highest BCUT2D eigenvalue weighted by atomic mass is 32.2. The van der Waals surface area contributed by atoms with E-state index in [0.717, 1.165) is 5.56 Å². The fraction of sp³-hybridized carbons (Fsp3) is 0.476. The van der Waals surface area contributed by atoms with Gasteiger partial charge in [-0.1, -0.05) is 13.8 Å². The monoisotopic (exact) mass is 465 g/mol. The molecule has 0 atom stereocenters. The van der Waals surface area contributed by atoms with Crippen LogP contribution in [0.1, 0.15) is 42.6 Å². The maximum absolute atomic E-state index is 12.9. The number of esters is 1. The molecule has 2 aromatic heterocycles. The first kappa shape index (κ1) is 23.4. The predicted octanol–water partition coefficient (Wildman–Crippen LogP) is 3.17. The van der Waals surface area contributed by atoms with Crippen molar-refractivity contribution in [2.24, 2.45) is 11.8 Å². The predicted molar refractivity (Wildman–Crippen MR) is 119 cm³/mol. The molecule has 0 bridgehead atoms. The first-order chi connectivity index (χ1) is 14.7. The van der Waals surface area contributed by atoms with E-state index in [4.69, 9.17) is 4.74 Å². The Hall–Kier alpha value is -2.30. The van der Waals surface area contributed by atoms with Crippen molar-refractivity contribution in [3.05, 3.63) is 41.0 Å². The number of hydrogen-bond donors (Lipinski definition) is 1. The second-order valence-electron chi connectivity index (χ2n) is 7.91. The van der Waals surface area contributed by atoms with Crippen molar-refractivity contribution in [1.29, 1.82) is 0 Å². The SMILES string of the molecule is COC(=O)c1c(CC(C)C)csc1NC(=O)C1CCN(S(=O)(=O)c2cccnc2)CC1. The number of ether oxygens (including phenoxy) is 1. The summed E-state index contributed by atoms with van der Waals surface area (Å²) in [5, 5.41) is 5.24. The van der Waals surface area contributed by atoms with Gasteiger partial charge in [0.2, 0.25) is 15.9 Å². The van der Waals surface area contributed by atoms with Crippen LogP contribution in [0.15, 0.2) is 34.8 Å². The van der Waals surface area contributed by atoms with Crippen molar-refractivity contribution >= 4 is 38.2 Å². The summed E-state index contributed by atoms with van der Waals surface area (Å²) in [6.07, 6.45) is 4.37. The molecule has 8 nitrogen and oxygen atoms in total. The van der Waals surface area contributed by atoms with Crippen molar-refractivity contribution in [3.63, 3.8) is 0 Å². The van der Waals surface area contributed by atoms with E-state index in [2.05, 4.69) is 24.1 Å². The van der Waals surface area contributed by atoms with Crippen molar-refractivity contribution in [2.75, 3.05) is 25.5 Å². The zero-order chi connectivity index (χ0) is 22.6. The van der Waals surface area contributed by atoms with Crippen LogP contribution in [0.3, 0.4) is 0 Å². The lowest BCUT2D eigenvalue weighted by atomic mass is 9.97. The van der Waals surface area contributed by atoms with Gasteiger partial charge in [0.15, 0.2) is 0 Å². The Morgan fingerprint density at radius 3 is 2.61 bits per heavy atom. The van der Waals surface area contributed by atoms with E-state index < -0.39 is 16.0 Å². The van der Waals surface area contributed by atoms with Crippen LogP contribution in [0.2, 0.25) is 0 Å². The van der Waals surface area contributed by atoms with Gasteiger partial charge in [0.05, 0.1) is 12.7 Å². The average Bonchev–Trinajstić information content (AvgIpc) is 3.15. The molecule has 0 unspecified atom stereocenters. The van der Waals surface area contributed by atoms with Crippen molar-refractivity contribution < 1.29 is 22.7 Å². The van der Waals surface area contributed by atoms with E-state index in [1.165, 1.54) is 41.2 Å². The van der Waals surface area contributed by atoms with E-state index in [1.54, 1.807) is 6.07 Å². The topological polar surface area (TPSA) is 106 Å². The number of pyridine rings is 1. The van der Waals surface area contributed by atoms with Gasteiger partial charge in [0, 0.05) is 31.4 Å². The number of rotatable bonds is 7. The summed E-state index contributed by atoms with van der Waals surface area (Å²) in [5.74, 6) is -0.653. The first-order valence-corrected chi connectivity index (χ1v) is 12.5. The number of aromatic nitrogens is 1. The second-order valence-corrected chi connectivity index (χ2v) is 10.7. The van der Waals surface area contributed by atoms with Gasteiger partial charge in [-0.25, -0.2) is 13.2 Å². The highest BCUT2D eigenvalue weighted by molar-refractivity contribution is 7.89. The molecule has 1 aliphatic heterocycles. The normalized spacial score (nSPS) is 15.7. The number of amides is 1. The summed E-state index contributed by atoms with van der Waals surface area (Å²) >= 11 is 1.31. The molecule has 3 rings (SSSR count). The van der Waals surface area contributed by atoms with Gasteiger partial charge < -0.3 is 10.1 Å². The number of thiophene rings is 1. The number of carbonyl (C=O) groups excluding carboxylic acids is 2. The maximum Gasteiger partial charge on any atom is 0.341 e. The molecule has 168 valence electrons. The van der Waals surface area contributed by atoms with E-state index in [0.29, 0.717) is 35.7 Å². The third kappa shape index (κ3) is 5.31. The Labute approximate surface area is 186 Å². The molecule has 0 saturated carbocycles. The molecular formula is C21H27N3O5S2. The lowest BCUT2D eigenvalue weighted by molar-refractivity contribution is -0.120. The van der Waals surface area contributed by atoms with Gasteiger partial charge in [-0.3, -0.25) is 9.78 Å². The molecule has 31 heavy (non-hydrogen) atoms. The Kier molecular flexibility index (Phi) is 7.45. The Bertz CT molecular complexity index is 1030. The molecule has 2 aromatic rings. The molecule has 1 amide bonds. The molecule has 1 N–H and O–H groups in total. The van der Waals surface area contributed by atoms with Gasteiger partial charge in [0.1, 0.15) is 9.90 Å². The summed E-state index contributed by atoms with van der Waals surface area (Å²) in [4.78, 5) is 29.2. The molecular weight excluding hydrogens is 438 g/mol. The number of hydrogen-bond acceptors (Lipinski definition) is 7. The van der Waals surface area contributed by atoms with Crippen LogP contribution in [0.5, 0.6) is 0 Å². The van der Waals surface area contributed by atoms with Crippen LogP contribution in [0.25, 0.3) is 0 Å². The largest absolute Gasteiger partial charge is 0.465 e. The highest BCUT2D eigenvalue weighted by Crippen LogP contribution is 2.32. The van der Waals surface area contributed by atoms with Gasteiger partial charge in [-0.05, 0) is 48.3 Å². The lowest BCUT2D eigenvalue weighted by Gasteiger charge is -2.30. The number of carbonyl (C=O) groups is 2. The zero-order valence-corrected chi connectivity index (χ0v) is 19.5. The van der Waals surface area contributed by atoms with Crippen LogP contribution < -0.4 is 5.32 Å². The van der Waals surface area contributed by atoms with Crippen molar-refractivity contribution in [1.82, 2.24) is 9.29 Å². The fourth-order valence-electron chi connectivity index (χ4n) is 3.62. The maximum atomic E-state index is 12.9. The van der Waals surface area contributed by atoms with E-state index in [-0.39, 0.29) is 29.8 Å². The van der Waals surface area contributed by atoms with Gasteiger partial charge in [0.25, 0.3) is 0 Å². The minimum Gasteiger partial charge on any atom is -0.465 e. The molecule has 3 heterocycles. The number of anilines is 1. The average molecular weight is 466 g/mol. The molecule has 10 heteroatoms. The molecule has 1 saturated heterocycles. The van der Waals surface area contributed by atoms with Crippen LogP contribution in [-0.2, 0) is 26.0 Å². The smallest absolute Gasteiger partial charge is 0.341 e. The van der Waals surface area contributed by atoms with E-state index in [9.17, 15) is 18.0 Å². The minimum absolute atomic E-state index is 0.150.